The Labute approximate surface area is 171 Å². The largest absolute Gasteiger partial charge is 0.268 e. The number of fused-ring (bicyclic) bond motifs is 1. The average Bonchev–Trinajstić information content (AvgIpc) is 2.75. The predicted octanol–water partition coefficient (Wildman–Crippen LogP) is 2.58. The van der Waals surface area contributed by atoms with Crippen molar-refractivity contribution >= 4 is 20.9 Å². The summed E-state index contributed by atoms with van der Waals surface area (Å²) in [5, 5.41) is 4.96. The van der Waals surface area contributed by atoms with Crippen molar-refractivity contribution in [1.82, 2.24) is 19.5 Å². The maximum atomic E-state index is 13.1. The van der Waals surface area contributed by atoms with E-state index >= 15 is 0 Å². The first kappa shape index (κ1) is 19.9. The first-order chi connectivity index (χ1) is 14.4. The normalized spacial score (nSPS) is 11.6. The summed E-state index contributed by atoms with van der Waals surface area (Å²) in [6.07, 6.45) is 1.53. The molecule has 9 heteroatoms. The van der Waals surface area contributed by atoms with Crippen LogP contribution in [0.15, 0.2) is 82.6 Å². The van der Waals surface area contributed by atoms with Crippen molar-refractivity contribution in [3.8, 4) is 11.3 Å². The molecule has 2 aromatic carbocycles. The van der Waals surface area contributed by atoms with Gasteiger partial charge in [-0.2, -0.15) is 5.10 Å². The van der Waals surface area contributed by atoms with Crippen LogP contribution in [0, 0.1) is 5.82 Å². The third kappa shape index (κ3) is 4.12. The van der Waals surface area contributed by atoms with E-state index in [1.165, 1.54) is 41.2 Å². The molecule has 0 spiro atoms. The fraction of sp³-hybridized carbons (Fsp3) is 0.0952. The minimum absolute atomic E-state index is 0.0330. The second-order valence-electron chi connectivity index (χ2n) is 6.52. The predicted molar refractivity (Wildman–Crippen MR) is 111 cm³/mol. The van der Waals surface area contributed by atoms with Crippen LogP contribution in [0.5, 0.6) is 0 Å². The van der Waals surface area contributed by atoms with Gasteiger partial charge in [-0.1, -0.05) is 18.2 Å². The molecule has 0 aliphatic rings. The number of benzene rings is 2. The summed E-state index contributed by atoms with van der Waals surface area (Å²) >= 11 is 0. The minimum atomic E-state index is -3.83. The Morgan fingerprint density at radius 2 is 1.73 bits per heavy atom. The lowest BCUT2D eigenvalue weighted by atomic mass is 10.1. The van der Waals surface area contributed by atoms with Gasteiger partial charge in [0.05, 0.1) is 17.8 Å². The molecule has 0 atom stereocenters. The van der Waals surface area contributed by atoms with Gasteiger partial charge in [-0.25, -0.2) is 22.2 Å². The SMILES string of the molecule is O=c1ccc(-c2ccc(F)cc2)nn1CCNS(=O)(=O)c1cccc2cccnc12. The van der Waals surface area contributed by atoms with Crippen molar-refractivity contribution in [2.75, 3.05) is 6.54 Å². The number of aromatic nitrogens is 3. The smallest absolute Gasteiger partial charge is 0.266 e. The van der Waals surface area contributed by atoms with Crippen molar-refractivity contribution in [1.29, 1.82) is 0 Å². The first-order valence-electron chi connectivity index (χ1n) is 9.11. The molecule has 0 saturated carbocycles. The summed E-state index contributed by atoms with van der Waals surface area (Å²) in [5.74, 6) is -0.371. The number of para-hydroxylation sites is 1. The molecule has 0 radical (unpaired) electrons. The molecular formula is C21H17FN4O3S. The van der Waals surface area contributed by atoms with Gasteiger partial charge in [0.25, 0.3) is 5.56 Å². The van der Waals surface area contributed by atoms with E-state index in [-0.39, 0.29) is 29.4 Å². The van der Waals surface area contributed by atoms with Gasteiger partial charge in [0, 0.05) is 29.8 Å². The van der Waals surface area contributed by atoms with E-state index in [1.54, 1.807) is 36.4 Å². The minimum Gasteiger partial charge on any atom is -0.268 e. The van der Waals surface area contributed by atoms with Crippen LogP contribution in [-0.2, 0) is 16.6 Å². The van der Waals surface area contributed by atoms with Crippen LogP contribution in [0.25, 0.3) is 22.2 Å². The van der Waals surface area contributed by atoms with E-state index in [4.69, 9.17) is 0 Å². The van der Waals surface area contributed by atoms with Crippen LogP contribution in [-0.4, -0.2) is 29.7 Å². The maximum absolute atomic E-state index is 13.1. The van der Waals surface area contributed by atoms with E-state index in [2.05, 4.69) is 14.8 Å². The summed E-state index contributed by atoms with van der Waals surface area (Å²) in [5.41, 5.74) is 1.14. The molecule has 7 nitrogen and oxygen atoms in total. The highest BCUT2D eigenvalue weighted by atomic mass is 32.2. The number of hydrogen-bond donors (Lipinski definition) is 1. The third-order valence-corrected chi connectivity index (χ3v) is 6.00. The zero-order valence-corrected chi connectivity index (χ0v) is 16.5. The van der Waals surface area contributed by atoms with E-state index in [0.29, 0.717) is 22.2 Å². The third-order valence-electron chi connectivity index (χ3n) is 4.51. The zero-order valence-electron chi connectivity index (χ0n) is 15.7. The topological polar surface area (TPSA) is 94.0 Å². The molecule has 30 heavy (non-hydrogen) atoms. The molecule has 4 aromatic rings. The number of halogens is 1. The Kier molecular flexibility index (Phi) is 5.39. The van der Waals surface area contributed by atoms with Crippen LogP contribution >= 0.6 is 0 Å². The molecule has 0 bridgehead atoms. The van der Waals surface area contributed by atoms with E-state index in [1.807, 2.05) is 0 Å². The molecule has 2 heterocycles. The molecule has 4 rings (SSSR count). The van der Waals surface area contributed by atoms with Gasteiger partial charge >= 0.3 is 0 Å². The zero-order chi connectivity index (χ0) is 21.1. The Balaban J connectivity index is 1.53. The maximum Gasteiger partial charge on any atom is 0.266 e. The summed E-state index contributed by atoms with van der Waals surface area (Å²) in [6, 6.07) is 17.0. The van der Waals surface area contributed by atoms with Gasteiger partial charge < -0.3 is 0 Å². The highest BCUT2D eigenvalue weighted by Gasteiger charge is 2.17. The van der Waals surface area contributed by atoms with Crippen molar-refractivity contribution in [2.24, 2.45) is 0 Å². The van der Waals surface area contributed by atoms with Crippen LogP contribution < -0.4 is 10.3 Å². The molecule has 0 aliphatic carbocycles. The van der Waals surface area contributed by atoms with Crippen LogP contribution in [0.1, 0.15) is 0 Å². The molecule has 1 N–H and O–H groups in total. The summed E-state index contributed by atoms with van der Waals surface area (Å²) in [4.78, 5) is 16.3. The van der Waals surface area contributed by atoms with E-state index in [9.17, 15) is 17.6 Å². The number of nitrogens with zero attached hydrogens (tertiary/aromatic N) is 3. The Morgan fingerprint density at radius 1 is 0.967 bits per heavy atom. The molecule has 0 saturated heterocycles. The number of sulfonamides is 1. The lowest BCUT2D eigenvalue weighted by Crippen LogP contribution is -2.32. The lowest BCUT2D eigenvalue weighted by molar-refractivity contribution is 0.549. The molecular weight excluding hydrogens is 407 g/mol. The van der Waals surface area contributed by atoms with Gasteiger partial charge in [-0.05, 0) is 42.5 Å². The van der Waals surface area contributed by atoms with Crippen LogP contribution in [0.3, 0.4) is 0 Å². The Bertz CT molecular complexity index is 1360. The van der Waals surface area contributed by atoms with Crippen molar-refractivity contribution in [3.05, 3.63) is 89.1 Å². The molecule has 0 fully saturated rings. The summed E-state index contributed by atoms with van der Waals surface area (Å²) < 4.78 is 42.3. The van der Waals surface area contributed by atoms with Crippen LogP contribution in [0.2, 0.25) is 0 Å². The van der Waals surface area contributed by atoms with Gasteiger partial charge in [-0.3, -0.25) is 9.78 Å². The molecule has 152 valence electrons. The fourth-order valence-corrected chi connectivity index (χ4v) is 4.24. The average molecular weight is 424 g/mol. The fourth-order valence-electron chi connectivity index (χ4n) is 3.04. The summed E-state index contributed by atoms with van der Waals surface area (Å²) in [7, 11) is -3.83. The highest BCUT2D eigenvalue weighted by molar-refractivity contribution is 7.89. The van der Waals surface area contributed by atoms with Crippen molar-refractivity contribution < 1.29 is 12.8 Å². The van der Waals surface area contributed by atoms with Gasteiger partial charge in [-0.15, -0.1) is 0 Å². The molecule has 0 aliphatic heterocycles. The monoisotopic (exact) mass is 424 g/mol. The van der Waals surface area contributed by atoms with E-state index < -0.39 is 10.0 Å². The van der Waals surface area contributed by atoms with Crippen LogP contribution in [0.4, 0.5) is 4.39 Å². The number of pyridine rings is 1. The van der Waals surface area contributed by atoms with E-state index in [0.717, 1.165) is 0 Å². The molecule has 2 aromatic heterocycles. The number of hydrogen-bond acceptors (Lipinski definition) is 5. The summed E-state index contributed by atoms with van der Waals surface area (Å²) in [6.45, 7) is -0.00335. The van der Waals surface area contributed by atoms with Gasteiger partial charge in [0.15, 0.2) is 0 Å². The number of rotatable bonds is 6. The molecule has 0 unspecified atom stereocenters. The van der Waals surface area contributed by atoms with Gasteiger partial charge in [0.1, 0.15) is 10.7 Å². The van der Waals surface area contributed by atoms with Gasteiger partial charge in [0.2, 0.25) is 10.0 Å². The Morgan fingerprint density at radius 3 is 2.53 bits per heavy atom. The Hall–Kier alpha value is -3.43. The lowest BCUT2D eigenvalue weighted by Gasteiger charge is -2.10. The van der Waals surface area contributed by atoms with Crippen molar-refractivity contribution in [3.63, 3.8) is 0 Å². The second-order valence-corrected chi connectivity index (χ2v) is 8.25. The standard InChI is InChI=1S/C21H17FN4O3S/c22-17-8-6-15(7-9-17)18-10-11-20(27)26(25-18)14-13-24-30(28,29)19-5-1-3-16-4-2-12-23-21(16)19/h1-12,24H,13-14H2. The quantitative estimate of drug-likeness (QED) is 0.513. The highest BCUT2D eigenvalue weighted by Crippen LogP contribution is 2.20. The second kappa shape index (κ2) is 8.13. The van der Waals surface area contributed by atoms with Crippen molar-refractivity contribution in [2.45, 2.75) is 11.4 Å². The first-order valence-corrected chi connectivity index (χ1v) is 10.6. The number of nitrogens with one attached hydrogen (secondary N) is 1. The molecule has 0 amide bonds.